The molecule has 0 atom stereocenters. The van der Waals surface area contributed by atoms with E-state index in [1.54, 1.807) is 0 Å². The zero-order valence-electron chi connectivity index (χ0n) is 28.2. The maximum absolute atomic E-state index is 5.19. The summed E-state index contributed by atoms with van der Waals surface area (Å²) in [7, 11) is 0. The highest BCUT2D eigenvalue weighted by Gasteiger charge is 2.19. The third-order valence-corrected chi connectivity index (χ3v) is 9.30. The van der Waals surface area contributed by atoms with E-state index in [1.165, 1.54) is 0 Å². The number of benzene rings is 6. The standard InChI is InChI=1S/C45H28N8/c1-5-15-29(16-6-1)39-47-40(30-17-7-2-8-18-30)50-43(49-39)33-25-26-38-37(27-33)46-45-35-24-14-13-23-34(35)36(28-53(38)45)44-51-41(31-19-9-3-10-20-31)48-42(52-44)32-21-11-4-12-22-32/h1-28H. The first kappa shape index (κ1) is 30.4. The van der Waals surface area contributed by atoms with Crippen LogP contribution in [-0.4, -0.2) is 39.3 Å². The van der Waals surface area contributed by atoms with Gasteiger partial charge in [0.25, 0.3) is 0 Å². The Hall–Kier alpha value is -7.45. The lowest BCUT2D eigenvalue weighted by Gasteiger charge is -2.11. The van der Waals surface area contributed by atoms with Gasteiger partial charge in [0.15, 0.2) is 34.9 Å². The van der Waals surface area contributed by atoms with E-state index in [1.807, 2.05) is 140 Å². The van der Waals surface area contributed by atoms with Crippen LogP contribution in [0.15, 0.2) is 170 Å². The van der Waals surface area contributed by atoms with E-state index in [4.69, 9.17) is 34.9 Å². The van der Waals surface area contributed by atoms with Gasteiger partial charge in [0.2, 0.25) is 0 Å². The molecule has 53 heavy (non-hydrogen) atoms. The second-order valence-electron chi connectivity index (χ2n) is 12.7. The number of hydrogen-bond acceptors (Lipinski definition) is 7. The van der Waals surface area contributed by atoms with Gasteiger partial charge in [-0.3, -0.25) is 4.40 Å². The molecular formula is C45H28N8. The minimum Gasteiger partial charge on any atom is -0.298 e. The smallest absolute Gasteiger partial charge is 0.166 e. The number of aromatic nitrogens is 8. The minimum atomic E-state index is 0.578. The highest BCUT2D eigenvalue weighted by Crippen LogP contribution is 2.35. The summed E-state index contributed by atoms with van der Waals surface area (Å²) in [4.78, 5) is 35.0. The van der Waals surface area contributed by atoms with Gasteiger partial charge in [-0.25, -0.2) is 34.9 Å². The molecule has 0 amide bonds. The number of imidazole rings is 1. The summed E-state index contributed by atoms with van der Waals surface area (Å²) in [5, 5.41) is 1.99. The average molecular weight is 681 g/mol. The number of rotatable bonds is 6. The molecule has 0 N–H and O–H groups in total. The number of fused-ring (bicyclic) bond motifs is 5. The van der Waals surface area contributed by atoms with Crippen molar-refractivity contribution in [2.24, 2.45) is 0 Å². The topological polar surface area (TPSA) is 94.6 Å². The first-order valence-corrected chi connectivity index (χ1v) is 17.3. The second kappa shape index (κ2) is 12.7. The van der Waals surface area contributed by atoms with Gasteiger partial charge < -0.3 is 0 Å². The molecule has 10 aromatic rings. The Morgan fingerprint density at radius 2 is 0.717 bits per heavy atom. The molecule has 10 rings (SSSR count). The molecule has 4 aromatic heterocycles. The summed E-state index contributed by atoms with van der Waals surface area (Å²) in [5.74, 6) is 3.61. The number of hydrogen-bond donors (Lipinski definition) is 0. The third-order valence-electron chi connectivity index (χ3n) is 9.30. The maximum Gasteiger partial charge on any atom is 0.166 e. The Bertz CT molecular complexity index is 2810. The Morgan fingerprint density at radius 1 is 0.321 bits per heavy atom. The lowest BCUT2D eigenvalue weighted by Crippen LogP contribution is -2.01. The van der Waals surface area contributed by atoms with Crippen LogP contribution in [0.5, 0.6) is 0 Å². The average Bonchev–Trinajstić information content (AvgIpc) is 3.62. The fraction of sp³-hybridized carbons (Fsp3) is 0. The Balaban J connectivity index is 1.16. The van der Waals surface area contributed by atoms with Crippen molar-refractivity contribution in [3.05, 3.63) is 170 Å². The van der Waals surface area contributed by atoms with Crippen molar-refractivity contribution < 1.29 is 0 Å². The molecule has 0 radical (unpaired) electrons. The van der Waals surface area contributed by atoms with Gasteiger partial charge in [-0.15, -0.1) is 0 Å². The van der Waals surface area contributed by atoms with Crippen LogP contribution < -0.4 is 0 Å². The van der Waals surface area contributed by atoms with Crippen molar-refractivity contribution >= 4 is 27.5 Å². The van der Waals surface area contributed by atoms with Gasteiger partial charge in [0, 0.05) is 45.0 Å². The van der Waals surface area contributed by atoms with Crippen LogP contribution in [0, 0.1) is 0 Å². The monoisotopic (exact) mass is 680 g/mol. The molecule has 0 spiro atoms. The van der Waals surface area contributed by atoms with E-state index in [0.717, 1.165) is 60.8 Å². The van der Waals surface area contributed by atoms with Crippen molar-refractivity contribution in [3.8, 4) is 68.3 Å². The summed E-state index contributed by atoms with van der Waals surface area (Å²) in [6.07, 6.45) is 2.09. The molecule has 0 bridgehead atoms. The Kier molecular flexibility index (Phi) is 7.28. The summed E-state index contributed by atoms with van der Waals surface area (Å²) >= 11 is 0. The maximum atomic E-state index is 5.19. The summed E-state index contributed by atoms with van der Waals surface area (Å²) in [6.45, 7) is 0. The molecule has 248 valence electrons. The zero-order valence-corrected chi connectivity index (χ0v) is 28.2. The predicted molar refractivity (Wildman–Crippen MR) is 210 cm³/mol. The second-order valence-corrected chi connectivity index (χ2v) is 12.7. The van der Waals surface area contributed by atoms with Crippen LogP contribution in [-0.2, 0) is 0 Å². The van der Waals surface area contributed by atoms with E-state index < -0.39 is 0 Å². The number of pyridine rings is 1. The fourth-order valence-corrected chi connectivity index (χ4v) is 6.72. The van der Waals surface area contributed by atoms with E-state index in [2.05, 4.69) is 34.9 Å². The van der Waals surface area contributed by atoms with Gasteiger partial charge in [0.1, 0.15) is 5.65 Å². The van der Waals surface area contributed by atoms with Gasteiger partial charge in [-0.1, -0.05) is 146 Å². The van der Waals surface area contributed by atoms with Crippen LogP contribution in [0.2, 0.25) is 0 Å². The SMILES string of the molecule is c1ccc(-c2nc(-c3ccccc3)nc(-c3ccc4c(c3)nc3c5ccccc5c(-c5nc(-c6ccccc6)nc(-c6ccccc6)n5)cn43)n2)cc1. The fourth-order valence-electron chi connectivity index (χ4n) is 6.72. The molecule has 0 aliphatic rings. The van der Waals surface area contributed by atoms with Crippen molar-refractivity contribution in [2.45, 2.75) is 0 Å². The van der Waals surface area contributed by atoms with Gasteiger partial charge in [0.05, 0.1) is 11.0 Å². The van der Waals surface area contributed by atoms with Gasteiger partial charge in [-0.05, 0) is 23.6 Å². The lowest BCUT2D eigenvalue weighted by molar-refractivity contribution is 1.07. The molecule has 0 aliphatic heterocycles. The molecule has 6 aromatic carbocycles. The Labute approximate surface area is 304 Å². The van der Waals surface area contributed by atoms with Crippen molar-refractivity contribution in [1.82, 2.24) is 39.3 Å². The Morgan fingerprint density at radius 3 is 1.19 bits per heavy atom. The summed E-state index contributed by atoms with van der Waals surface area (Å²) in [6, 6.07) is 54.5. The largest absolute Gasteiger partial charge is 0.298 e. The molecular weight excluding hydrogens is 653 g/mol. The van der Waals surface area contributed by atoms with E-state index in [-0.39, 0.29) is 0 Å². The predicted octanol–water partition coefficient (Wildman–Crippen LogP) is 10.0. The molecule has 0 saturated carbocycles. The quantitative estimate of drug-likeness (QED) is 0.173. The molecule has 4 heterocycles. The van der Waals surface area contributed by atoms with Crippen molar-refractivity contribution in [1.29, 1.82) is 0 Å². The van der Waals surface area contributed by atoms with Gasteiger partial charge >= 0.3 is 0 Å². The molecule has 8 nitrogen and oxygen atoms in total. The van der Waals surface area contributed by atoms with Crippen molar-refractivity contribution in [3.63, 3.8) is 0 Å². The van der Waals surface area contributed by atoms with E-state index >= 15 is 0 Å². The van der Waals surface area contributed by atoms with Crippen LogP contribution >= 0.6 is 0 Å². The molecule has 0 aliphatic carbocycles. The first-order valence-electron chi connectivity index (χ1n) is 17.3. The van der Waals surface area contributed by atoms with Crippen molar-refractivity contribution in [2.75, 3.05) is 0 Å². The van der Waals surface area contributed by atoms with Crippen LogP contribution in [0.4, 0.5) is 0 Å². The lowest BCUT2D eigenvalue weighted by atomic mass is 10.1. The molecule has 0 saturated heterocycles. The van der Waals surface area contributed by atoms with E-state index in [0.29, 0.717) is 34.9 Å². The zero-order chi connectivity index (χ0) is 35.1. The molecule has 8 heteroatoms. The van der Waals surface area contributed by atoms with Crippen LogP contribution in [0.1, 0.15) is 0 Å². The minimum absolute atomic E-state index is 0.578. The van der Waals surface area contributed by atoms with Crippen LogP contribution in [0.25, 0.3) is 95.8 Å². The first-order chi connectivity index (χ1) is 26.2. The molecule has 0 fully saturated rings. The van der Waals surface area contributed by atoms with Gasteiger partial charge in [-0.2, -0.15) is 0 Å². The molecule has 0 unspecified atom stereocenters. The van der Waals surface area contributed by atoms with E-state index in [9.17, 15) is 0 Å². The number of nitrogens with zero attached hydrogens (tertiary/aromatic N) is 8. The summed E-state index contributed by atoms with van der Waals surface area (Å²) < 4.78 is 2.13. The van der Waals surface area contributed by atoms with Crippen LogP contribution in [0.3, 0.4) is 0 Å². The third kappa shape index (κ3) is 5.55. The highest BCUT2D eigenvalue weighted by atomic mass is 15.1. The normalized spacial score (nSPS) is 11.4. The highest BCUT2D eigenvalue weighted by molar-refractivity contribution is 6.05. The summed E-state index contributed by atoms with van der Waals surface area (Å²) in [5.41, 5.74) is 8.01.